The van der Waals surface area contributed by atoms with Crippen LogP contribution in [0.2, 0.25) is 0 Å². The second kappa shape index (κ2) is 7.33. The third kappa shape index (κ3) is 3.80. The lowest BCUT2D eigenvalue weighted by molar-refractivity contribution is -0.122. The fourth-order valence-corrected chi connectivity index (χ4v) is 3.94. The minimum atomic E-state index is -0.633. The van der Waals surface area contributed by atoms with E-state index < -0.39 is 6.10 Å². The molecule has 0 unspecified atom stereocenters. The molecule has 1 heterocycles. The van der Waals surface area contributed by atoms with Crippen LogP contribution < -0.4 is 14.9 Å². The SMILES string of the molecule is CCn1c(=O)sc2cc(NC(=O)[C@H](C)Oc3cc(C)cc(C)c3)ccc21. The van der Waals surface area contributed by atoms with Crippen LogP contribution in [-0.4, -0.2) is 16.6 Å². The molecular weight excluding hydrogens is 348 g/mol. The monoisotopic (exact) mass is 370 g/mol. The van der Waals surface area contributed by atoms with Crippen LogP contribution in [-0.2, 0) is 11.3 Å². The summed E-state index contributed by atoms with van der Waals surface area (Å²) < 4.78 is 8.35. The molecule has 26 heavy (non-hydrogen) atoms. The first kappa shape index (κ1) is 18.2. The summed E-state index contributed by atoms with van der Waals surface area (Å²) in [5, 5.41) is 2.86. The molecule has 3 aromatic rings. The number of nitrogens with one attached hydrogen (secondary N) is 1. The number of nitrogens with zero attached hydrogens (tertiary/aromatic N) is 1. The zero-order valence-electron chi connectivity index (χ0n) is 15.3. The van der Waals surface area contributed by atoms with Crippen molar-refractivity contribution in [2.75, 3.05) is 5.32 Å². The van der Waals surface area contributed by atoms with Gasteiger partial charge in [-0.15, -0.1) is 0 Å². The van der Waals surface area contributed by atoms with Crippen LogP contribution in [0.3, 0.4) is 0 Å². The van der Waals surface area contributed by atoms with E-state index in [0.29, 0.717) is 18.0 Å². The Morgan fingerprint density at radius 2 is 1.88 bits per heavy atom. The molecule has 0 aliphatic heterocycles. The van der Waals surface area contributed by atoms with Crippen molar-refractivity contribution in [1.82, 2.24) is 4.57 Å². The quantitative estimate of drug-likeness (QED) is 0.735. The summed E-state index contributed by atoms with van der Waals surface area (Å²) >= 11 is 1.18. The summed E-state index contributed by atoms with van der Waals surface area (Å²) in [6.45, 7) is 8.28. The Morgan fingerprint density at radius 3 is 2.54 bits per heavy atom. The van der Waals surface area contributed by atoms with Crippen LogP contribution in [0.1, 0.15) is 25.0 Å². The van der Waals surface area contributed by atoms with Gasteiger partial charge in [0.2, 0.25) is 0 Å². The highest BCUT2D eigenvalue weighted by molar-refractivity contribution is 7.16. The second-order valence-electron chi connectivity index (χ2n) is 6.37. The smallest absolute Gasteiger partial charge is 0.308 e. The molecule has 1 atom stereocenters. The average Bonchev–Trinajstić information content (AvgIpc) is 2.87. The normalized spacial score (nSPS) is 12.2. The van der Waals surface area contributed by atoms with Gasteiger partial charge in [0.1, 0.15) is 5.75 Å². The molecule has 2 aromatic carbocycles. The number of aryl methyl sites for hydroxylation is 3. The number of thiazole rings is 1. The van der Waals surface area contributed by atoms with Crippen molar-refractivity contribution >= 4 is 33.1 Å². The fourth-order valence-electron chi connectivity index (χ4n) is 2.95. The van der Waals surface area contributed by atoms with Crippen LogP contribution in [0.15, 0.2) is 41.2 Å². The molecule has 0 saturated heterocycles. The summed E-state index contributed by atoms with van der Waals surface area (Å²) in [4.78, 5) is 24.4. The predicted molar refractivity (Wildman–Crippen MR) is 106 cm³/mol. The Morgan fingerprint density at radius 1 is 1.19 bits per heavy atom. The molecular formula is C20H22N2O3S. The average molecular weight is 370 g/mol. The number of anilines is 1. The van der Waals surface area contributed by atoms with E-state index >= 15 is 0 Å². The number of aromatic nitrogens is 1. The van der Waals surface area contributed by atoms with Gasteiger partial charge < -0.3 is 10.1 Å². The van der Waals surface area contributed by atoms with E-state index in [9.17, 15) is 9.59 Å². The predicted octanol–water partition coefficient (Wildman–Crippen LogP) is 4.11. The highest BCUT2D eigenvalue weighted by atomic mass is 32.1. The molecule has 136 valence electrons. The molecule has 0 saturated carbocycles. The number of amides is 1. The van der Waals surface area contributed by atoms with Gasteiger partial charge in [0.05, 0.1) is 10.2 Å². The van der Waals surface area contributed by atoms with Gasteiger partial charge in [-0.05, 0) is 69.2 Å². The van der Waals surface area contributed by atoms with E-state index in [1.54, 1.807) is 11.5 Å². The number of carbonyl (C=O) groups is 1. The number of hydrogen-bond acceptors (Lipinski definition) is 4. The first-order chi connectivity index (χ1) is 12.4. The Hall–Kier alpha value is -2.60. The maximum absolute atomic E-state index is 12.5. The van der Waals surface area contributed by atoms with Crippen molar-refractivity contribution in [2.45, 2.75) is 40.3 Å². The molecule has 0 spiro atoms. The first-order valence-electron chi connectivity index (χ1n) is 8.56. The van der Waals surface area contributed by atoms with E-state index in [-0.39, 0.29) is 10.8 Å². The Kier molecular flexibility index (Phi) is 5.13. The zero-order valence-corrected chi connectivity index (χ0v) is 16.1. The molecule has 1 N–H and O–H groups in total. The van der Waals surface area contributed by atoms with Crippen molar-refractivity contribution in [3.05, 3.63) is 57.2 Å². The zero-order chi connectivity index (χ0) is 18.8. The molecule has 6 heteroatoms. The van der Waals surface area contributed by atoms with Gasteiger partial charge in [-0.1, -0.05) is 17.4 Å². The highest BCUT2D eigenvalue weighted by Gasteiger charge is 2.16. The second-order valence-corrected chi connectivity index (χ2v) is 7.36. The summed E-state index contributed by atoms with van der Waals surface area (Å²) in [6, 6.07) is 11.4. The van der Waals surface area contributed by atoms with E-state index in [1.165, 1.54) is 11.3 Å². The molecule has 0 aliphatic carbocycles. The Bertz CT molecular complexity index is 999. The first-order valence-corrected chi connectivity index (χ1v) is 9.38. The van der Waals surface area contributed by atoms with Crippen molar-refractivity contribution in [3.8, 4) is 5.75 Å². The minimum absolute atomic E-state index is 0.0116. The molecule has 1 amide bonds. The largest absolute Gasteiger partial charge is 0.481 e. The Labute approximate surface area is 156 Å². The number of carbonyl (C=O) groups excluding carboxylic acids is 1. The summed E-state index contributed by atoms with van der Waals surface area (Å²) in [5.41, 5.74) is 3.73. The van der Waals surface area contributed by atoms with Crippen molar-refractivity contribution in [3.63, 3.8) is 0 Å². The highest BCUT2D eigenvalue weighted by Crippen LogP contribution is 2.23. The number of hydrogen-bond donors (Lipinski definition) is 1. The van der Waals surface area contributed by atoms with Crippen LogP contribution in [0.25, 0.3) is 10.2 Å². The van der Waals surface area contributed by atoms with Gasteiger partial charge in [-0.3, -0.25) is 14.2 Å². The van der Waals surface area contributed by atoms with E-state index in [2.05, 4.69) is 11.4 Å². The standard InChI is InChI=1S/C20H22N2O3S/c1-5-22-17-7-6-15(11-18(17)26-20(22)24)21-19(23)14(4)25-16-9-12(2)8-13(3)10-16/h6-11,14H,5H2,1-4H3,(H,21,23)/t14-/m0/s1. The number of rotatable bonds is 5. The fraction of sp³-hybridized carbons (Fsp3) is 0.300. The lowest BCUT2D eigenvalue weighted by atomic mass is 10.1. The molecule has 0 fully saturated rings. The summed E-state index contributed by atoms with van der Waals surface area (Å²) in [7, 11) is 0. The van der Waals surface area contributed by atoms with Crippen LogP contribution >= 0.6 is 11.3 Å². The maximum Gasteiger partial charge on any atom is 0.308 e. The number of benzene rings is 2. The molecule has 3 rings (SSSR count). The van der Waals surface area contributed by atoms with Gasteiger partial charge >= 0.3 is 4.87 Å². The van der Waals surface area contributed by atoms with Crippen LogP contribution in [0.4, 0.5) is 5.69 Å². The maximum atomic E-state index is 12.5. The third-order valence-corrected chi connectivity index (χ3v) is 5.07. The Balaban J connectivity index is 1.74. The van der Waals surface area contributed by atoms with Crippen molar-refractivity contribution < 1.29 is 9.53 Å². The van der Waals surface area contributed by atoms with E-state index in [4.69, 9.17) is 4.74 Å². The lowest BCUT2D eigenvalue weighted by Crippen LogP contribution is -2.30. The molecule has 0 aliphatic rings. The van der Waals surface area contributed by atoms with Crippen LogP contribution in [0.5, 0.6) is 5.75 Å². The van der Waals surface area contributed by atoms with Gasteiger partial charge in [0.15, 0.2) is 6.10 Å². The third-order valence-electron chi connectivity index (χ3n) is 4.13. The number of ether oxygens (including phenoxy) is 1. The molecule has 0 radical (unpaired) electrons. The number of fused-ring (bicyclic) bond motifs is 1. The lowest BCUT2D eigenvalue weighted by Gasteiger charge is -2.15. The van der Waals surface area contributed by atoms with E-state index in [0.717, 1.165) is 21.3 Å². The van der Waals surface area contributed by atoms with E-state index in [1.807, 2.05) is 51.1 Å². The van der Waals surface area contributed by atoms with Gasteiger partial charge in [0, 0.05) is 12.2 Å². The van der Waals surface area contributed by atoms with Crippen molar-refractivity contribution in [1.29, 1.82) is 0 Å². The molecule has 0 bridgehead atoms. The molecule has 5 nitrogen and oxygen atoms in total. The van der Waals surface area contributed by atoms with Crippen molar-refractivity contribution in [2.24, 2.45) is 0 Å². The van der Waals surface area contributed by atoms with Crippen LogP contribution in [0, 0.1) is 13.8 Å². The minimum Gasteiger partial charge on any atom is -0.481 e. The topological polar surface area (TPSA) is 60.3 Å². The van der Waals surface area contributed by atoms with Gasteiger partial charge in [-0.2, -0.15) is 0 Å². The summed E-state index contributed by atoms with van der Waals surface area (Å²) in [6.07, 6.45) is -0.633. The van der Waals surface area contributed by atoms with Gasteiger partial charge in [0.25, 0.3) is 5.91 Å². The van der Waals surface area contributed by atoms with Gasteiger partial charge in [-0.25, -0.2) is 0 Å². The summed E-state index contributed by atoms with van der Waals surface area (Å²) in [5.74, 6) is 0.449. The molecule has 1 aromatic heterocycles.